The lowest BCUT2D eigenvalue weighted by atomic mass is 10.1. The van der Waals surface area contributed by atoms with Crippen molar-refractivity contribution in [3.63, 3.8) is 0 Å². The predicted molar refractivity (Wildman–Crippen MR) is 59.1 cm³/mol. The molecule has 0 saturated heterocycles. The van der Waals surface area contributed by atoms with Crippen molar-refractivity contribution >= 4 is 11.7 Å². The summed E-state index contributed by atoms with van der Waals surface area (Å²) in [4.78, 5) is 10.7. The number of anilines is 1. The van der Waals surface area contributed by atoms with E-state index in [-0.39, 0.29) is 12.0 Å². The van der Waals surface area contributed by atoms with E-state index in [0.717, 1.165) is 12.1 Å². The zero-order chi connectivity index (χ0) is 11.0. The highest BCUT2D eigenvalue weighted by Gasteiger charge is 2.43. The number of benzene rings is 1. The third-order valence-electron chi connectivity index (χ3n) is 3.05. The average molecular weight is 205 g/mol. The number of rotatable bonds is 3. The number of hydrogen-bond acceptors (Lipinski definition) is 2. The first-order valence-electron chi connectivity index (χ1n) is 5.15. The van der Waals surface area contributed by atoms with Crippen LogP contribution in [0.5, 0.6) is 0 Å². The van der Waals surface area contributed by atoms with Gasteiger partial charge in [0.05, 0.1) is 5.92 Å². The maximum absolute atomic E-state index is 10.7. The average Bonchev–Trinajstić information content (AvgIpc) is 2.92. The van der Waals surface area contributed by atoms with Crippen LogP contribution in [0.25, 0.3) is 0 Å². The van der Waals surface area contributed by atoms with Gasteiger partial charge in [0.25, 0.3) is 0 Å². The molecule has 0 heterocycles. The molecule has 2 unspecified atom stereocenters. The summed E-state index contributed by atoms with van der Waals surface area (Å²) in [5.74, 6) is -0.900. The lowest BCUT2D eigenvalue weighted by Crippen LogP contribution is -2.11. The van der Waals surface area contributed by atoms with Crippen LogP contribution in [0.4, 0.5) is 5.69 Å². The van der Waals surface area contributed by atoms with Gasteiger partial charge in [0, 0.05) is 11.7 Å². The van der Waals surface area contributed by atoms with Crippen molar-refractivity contribution in [2.45, 2.75) is 26.3 Å². The van der Waals surface area contributed by atoms with Crippen LogP contribution in [0.2, 0.25) is 0 Å². The molecule has 0 amide bonds. The molecule has 2 atom stereocenters. The van der Waals surface area contributed by atoms with Crippen LogP contribution in [0.3, 0.4) is 0 Å². The van der Waals surface area contributed by atoms with E-state index in [2.05, 4.69) is 25.2 Å². The minimum Gasteiger partial charge on any atom is -0.481 e. The second kappa shape index (κ2) is 3.57. The standard InChI is InChI=1S/C12H15NO2/c1-7-4-3-5-10(8(7)2)13-11-6-9(11)12(14)15/h3-5,9,11,13H,6H2,1-2H3,(H,14,15). The Labute approximate surface area is 89.1 Å². The summed E-state index contributed by atoms with van der Waals surface area (Å²) in [6.07, 6.45) is 0.739. The lowest BCUT2D eigenvalue weighted by molar-refractivity contribution is -0.138. The summed E-state index contributed by atoms with van der Waals surface area (Å²) < 4.78 is 0. The van der Waals surface area contributed by atoms with Gasteiger partial charge in [0.15, 0.2) is 0 Å². The normalized spacial score (nSPS) is 23.6. The third kappa shape index (κ3) is 1.96. The number of hydrogen-bond donors (Lipinski definition) is 2. The fourth-order valence-corrected chi connectivity index (χ4v) is 1.73. The van der Waals surface area contributed by atoms with Crippen LogP contribution in [-0.4, -0.2) is 17.1 Å². The Hall–Kier alpha value is -1.51. The van der Waals surface area contributed by atoms with Crippen molar-refractivity contribution in [1.29, 1.82) is 0 Å². The van der Waals surface area contributed by atoms with E-state index >= 15 is 0 Å². The van der Waals surface area contributed by atoms with E-state index in [1.165, 1.54) is 11.1 Å². The van der Waals surface area contributed by atoms with Gasteiger partial charge in [-0.25, -0.2) is 0 Å². The molecule has 0 radical (unpaired) electrons. The number of carboxylic acids is 1. The highest BCUT2D eigenvalue weighted by molar-refractivity contribution is 5.76. The molecule has 2 N–H and O–H groups in total. The topological polar surface area (TPSA) is 49.3 Å². The zero-order valence-electron chi connectivity index (χ0n) is 8.95. The van der Waals surface area contributed by atoms with Gasteiger partial charge in [0.1, 0.15) is 0 Å². The summed E-state index contributed by atoms with van der Waals surface area (Å²) in [6.45, 7) is 4.11. The Morgan fingerprint density at radius 1 is 1.47 bits per heavy atom. The smallest absolute Gasteiger partial charge is 0.308 e. The fraction of sp³-hybridized carbons (Fsp3) is 0.417. The van der Waals surface area contributed by atoms with Gasteiger partial charge < -0.3 is 10.4 Å². The lowest BCUT2D eigenvalue weighted by Gasteiger charge is -2.10. The largest absolute Gasteiger partial charge is 0.481 e. The number of aryl methyl sites for hydroxylation is 1. The SMILES string of the molecule is Cc1cccc(NC2CC2C(=O)O)c1C. The van der Waals surface area contributed by atoms with Crippen LogP contribution >= 0.6 is 0 Å². The summed E-state index contributed by atoms with van der Waals surface area (Å²) in [6, 6.07) is 6.16. The molecular formula is C12H15NO2. The Morgan fingerprint density at radius 2 is 2.20 bits per heavy atom. The van der Waals surface area contributed by atoms with Crippen molar-refractivity contribution < 1.29 is 9.90 Å². The van der Waals surface area contributed by atoms with E-state index in [9.17, 15) is 4.79 Å². The second-order valence-corrected chi connectivity index (χ2v) is 4.18. The molecule has 0 bridgehead atoms. The number of carboxylic acid groups (broad SMARTS) is 1. The molecule has 15 heavy (non-hydrogen) atoms. The number of carbonyl (C=O) groups is 1. The molecule has 1 fully saturated rings. The van der Waals surface area contributed by atoms with Gasteiger partial charge in [-0.05, 0) is 37.5 Å². The van der Waals surface area contributed by atoms with E-state index in [0.29, 0.717) is 0 Å². The summed E-state index contributed by atoms with van der Waals surface area (Å²) in [7, 11) is 0. The van der Waals surface area contributed by atoms with E-state index in [1.807, 2.05) is 12.1 Å². The Morgan fingerprint density at radius 3 is 2.80 bits per heavy atom. The van der Waals surface area contributed by atoms with E-state index in [4.69, 9.17) is 5.11 Å². The highest BCUT2D eigenvalue weighted by atomic mass is 16.4. The summed E-state index contributed by atoms with van der Waals surface area (Å²) in [5.41, 5.74) is 3.49. The van der Waals surface area contributed by atoms with Crippen LogP contribution < -0.4 is 5.32 Å². The minimum atomic E-state index is -0.696. The number of nitrogens with one attached hydrogen (secondary N) is 1. The quantitative estimate of drug-likeness (QED) is 0.795. The molecule has 3 heteroatoms. The van der Waals surface area contributed by atoms with Gasteiger partial charge in [0.2, 0.25) is 0 Å². The van der Waals surface area contributed by atoms with Gasteiger partial charge in [-0.2, -0.15) is 0 Å². The first kappa shape index (κ1) is 10.0. The maximum atomic E-state index is 10.7. The van der Waals surface area contributed by atoms with Crippen molar-refractivity contribution in [2.75, 3.05) is 5.32 Å². The van der Waals surface area contributed by atoms with Gasteiger partial charge in [-0.15, -0.1) is 0 Å². The Bertz CT molecular complexity index is 401. The summed E-state index contributed by atoms with van der Waals surface area (Å²) in [5, 5.41) is 12.1. The van der Waals surface area contributed by atoms with E-state index in [1.54, 1.807) is 0 Å². The summed E-state index contributed by atoms with van der Waals surface area (Å²) >= 11 is 0. The fourth-order valence-electron chi connectivity index (χ4n) is 1.73. The zero-order valence-corrected chi connectivity index (χ0v) is 8.95. The van der Waals surface area contributed by atoms with Crippen molar-refractivity contribution in [3.8, 4) is 0 Å². The molecule has 1 aromatic rings. The minimum absolute atomic E-state index is 0.114. The molecule has 1 aromatic carbocycles. The predicted octanol–water partition coefficient (Wildman–Crippen LogP) is 2.19. The molecule has 3 nitrogen and oxygen atoms in total. The first-order chi connectivity index (χ1) is 7.09. The molecule has 1 aliphatic carbocycles. The highest BCUT2D eigenvalue weighted by Crippen LogP contribution is 2.34. The Balaban J connectivity index is 2.07. The van der Waals surface area contributed by atoms with E-state index < -0.39 is 5.97 Å². The van der Waals surface area contributed by atoms with Crippen molar-refractivity contribution in [1.82, 2.24) is 0 Å². The first-order valence-corrected chi connectivity index (χ1v) is 5.15. The molecule has 1 saturated carbocycles. The maximum Gasteiger partial charge on any atom is 0.308 e. The van der Waals surface area contributed by atoms with Gasteiger partial charge >= 0.3 is 5.97 Å². The van der Waals surface area contributed by atoms with Crippen LogP contribution in [0.1, 0.15) is 17.5 Å². The monoisotopic (exact) mass is 205 g/mol. The molecular weight excluding hydrogens is 190 g/mol. The molecule has 0 spiro atoms. The van der Waals surface area contributed by atoms with Gasteiger partial charge in [-0.1, -0.05) is 12.1 Å². The Kier molecular flexibility index (Phi) is 2.39. The van der Waals surface area contributed by atoms with Gasteiger partial charge in [-0.3, -0.25) is 4.79 Å². The molecule has 80 valence electrons. The molecule has 2 rings (SSSR count). The second-order valence-electron chi connectivity index (χ2n) is 4.18. The molecule has 0 aliphatic heterocycles. The van der Waals surface area contributed by atoms with Crippen LogP contribution in [-0.2, 0) is 4.79 Å². The van der Waals surface area contributed by atoms with Crippen molar-refractivity contribution in [3.05, 3.63) is 29.3 Å². The third-order valence-corrected chi connectivity index (χ3v) is 3.05. The number of aliphatic carboxylic acids is 1. The van der Waals surface area contributed by atoms with Crippen LogP contribution in [0, 0.1) is 19.8 Å². The van der Waals surface area contributed by atoms with Crippen LogP contribution in [0.15, 0.2) is 18.2 Å². The molecule has 1 aliphatic rings. The molecule has 0 aromatic heterocycles. The van der Waals surface area contributed by atoms with Crippen molar-refractivity contribution in [2.24, 2.45) is 5.92 Å².